The Morgan fingerprint density at radius 3 is 2.82 bits per heavy atom. The van der Waals surface area contributed by atoms with Crippen LogP contribution in [0.15, 0.2) is 0 Å². The Balaban J connectivity index is 2.29. The highest BCUT2D eigenvalue weighted by Crippen LogP contribution is 2.17. The van der Waals surface area contributed by atoms with Crippen molar-refractivity contribution in [3.8, 4) is 0 Å². The van der Waals surface area contributed by atoms with Crippen molar-refractivity contribution < 1.29 is 9.53 Å². The maximum Gasteiger partial charge on any atom is 0.221 e. The highest BCUT2D eigenvalue weighted by molar-refractivity contribution is 5.76. The minimum atomic E-state index is -0.290. The predicted molar refractivity (Wildman–Crippen MR) is 68.9 cm³/mol. The molecular formula is C13H26N2O2. The fraction of sp³-hybridized carbons (Fsp3) is 0.923. The third-order valence-corrected chi connectivity index (χ3v) is 3.60. The zero-order chi connectivity index (χ0) is 12.9. The van der Waals surface area contributed by atoms with E-state index in [4.69, 9.17) is 4.74 Å². The van der Waals surface area contributed by atoms with Gasteiger partial charge in [-0.3, -0.25) is 4.79 Å². The van der Waals surface area contributed by atoms with E-state index in [0.717, 1.165) is 6.54 Å². The molecule has 1 saturated heterocycles. The molecular weight excluding hydrogens is 216 g/mol. The van der Waals surface area contributed by atoms with Crippen LogP contribution in [0.1, 0.15) is 40.0 Å². The van der Waals surface area contributed by atoms with Gasteiger partial charge in [-0.1, -0.05) is 6.92 Å². The zero-order valence-corrected chi connectivity index (χ0v) is 11.5. The second kappa shape index (κ2) is 6.36. The maximum absolute atomic E-state index is 11.8. The lowest BCUT2D eigenvalue weighted by molar-refractivity contribution is -0.123. The van der Waals surface area contributed by atoms with Crippen LogP contribution in [0.4, 0.5) is 0 Å². The van der Waals surface area contributed by atoms with Gasteiger partial charge in [-0.25, -0.2) is 0 Å². The van der Waals surface area contributed by atoms with Gasteiger partial charge in [0, 0.05) is 26.1 Å². The van der Waals surface area contributed by atoms with Crippen molar-refractivity contribution in [1.82, 2.24) is 10.6 Å². The summed E-state index contributed by atoms with van der Waals surface area (Å²) in [6.45, 7) is 7.74. The van der Waals surface area contributed by atoms with Crippen molar-refractivity contribution in [1.29, 1.82) is 0 Å². The molecule has 2 N–H and O–H groups in total. The standard InChI is InChI=1S/C13H26N2O2/c1-10-6-5-7-14-11(10)8-12(16)15-9-13(2,3)17-4/h10-11,14H,5-9H2,1-4H3,(H,15,16). The summed E-state index contributed by atoms with van der Waals surface area (Å²) in [5.74, 6) is 0.700. The molecule has 4 heteroatoms. The lowest BCUT2D eigenvalue weighted by atomic mass is 9.90. The molecule has 2 unspecified atom stereocenters. The van der Waals surface area contributed by atoms with Crippen molar-refractivity contribution >= 4 is 5.91 Å². The number of hydrogen-bond donors (Lipinski definition) is 2. The van der Waals surface area contributed by atoms with Crippen LogP contribution in [0.5, 0.6) is 0 Å². The monoisotopic (exact) mass is 242 g/mol. The first-order valence-corrected chi connectivity index (χ1v) is 6.50. The lowest BCUT2D eigenvalue weighted by Crippen LogP contribution is -2.46. The third-order valence-electron chi connectivity index (χ3n) is 3.60. The average Bonchev–Trinajstić information content (AvgIpc) is 2.30. The number of nitrogens with one attached hydrogen (secondary N) is 2. The Hall–Kier alpha value is -0.610. The topological polar surface area (TPSA) is 50.4 Å². The summed E-state index contributed by atoms with van der Waals surface area (Å²) in [6.07, 6.45) is 3.01. The first-order valence-electron chi connectivity index (χ1n) is 6.50. The molecule has 4 nitrogen and oxygen atoms in total. The first-order chi connectivity index (χ1) is 7.94. The number of piperidine rings is 1. The van der Waals surface area contributed by atoms with Gasteiger partial charge in [0.15, 0.2) is 0 Å². The number of hydrogen-bond acceptors (Lipinski definition) is 3. The van der Waals surface area contributed by atoms with Crippen molar-refractivity contribution in [2.45, 2.75) is 51.7 Å². The first kappa shape index (κ1) is 14.5. The second-order valence-corrected chi connectivity index (χ2v) is 5.62. The second-order valence-electron chi connectivity index (χ2n) is 5.62. The number of ether oxygens (including phenoxy) is 1. The van der Waals surface area contributed by atoms with E-state index in [1.54, 1.807) is 7.11 Å². The van der Waals surface area contributed by atoms with E-state index in [-0.39, 0.29) is 11.5 Å². The summed E-state index contributed by atoms with van der Waals surface area (Å²) in [5, 5.41) is 6.36. The quantitative estimate of drug-likeness (QED) is 0.764. The molecule has 17 heavy (non-hydrogen) atoms. The highest BCUT2D eigenvalue weighted by Gasteiger charge is 2.24. The summed E-state index contributed by atoms with van der Waals surface area (Å²) < 4.78 is 5.27. The van der Waals surface area contributed by atoms with Crippen molar-refractivity contribution in [2.24, 2.45) is 5.92 Å². The van der Waals surface area contributed by atoms with E-state index >= 15 is 0 Å². The van der Waals surface area contributed by atoms with Crippen molar-refractivity contribution in [3.05, 3.63) is 0 Å². The fourth-order valence-corrected chi connectivity index (χ4v) is 2.04. The minimum Gasteiger partial charge on any atom is -0.377 e. The molecule has 0 saturated carbocycles. The Kier molecular flexibility index (Phi) is 5.40. The van der Waals surface area contributed by atoms with Gasteiger partial charge < -0.3 is 15.4 Å². The molecule has 100 valence electrons. The summed E-state index contributed by atoms with van der Waals surface area (Å²) in [6, 6.07) is 0.328. The maximum atomic E-state index is 11.8. The Bertz CT molecular complexity index is 254. The molecule has 1 aliphatic heterocycles. The van der Waals surface area contributed by atoms with Crippen LogP contribution in [0.25, 0.3) is 0 Å². The van der Waals surface area contributed by atoms with Gasteiger partial charge in [-0.05, 0) is 39.2 Å². The third kappa shape index (κ3) is 5.04. The Morgan fingerprint density at radius 1 is 1.53 bits per heavy atom. The molecule has 0 aromatic rings. The van der Waals surface area contributed by atoms with E-state index < -0.39 is 0 Å². The molecule has 2 atom stereocenters. The summed E-state index contributed by atoms with van der Waals surface area (Å²) >= 11 is 0. The molecule has 1 heterocycles. The van der Waals surface area contributed by atoms with Gasteiger partial charge in [-0.15, -0.1) is 0 Å². The smallest absolute Gasteiger partial charge is 0.221 e. The Labute approximate surface area is 104 Å². The van der Waals surface area contributed by atoms with Crippen molar-refractivity contribution in [3.63, 3.8) is 0 Å². The largest absolute Gasteiger partial charge is 0.377 e. The minimum absolute atomic E-state index is 0.112. The Morgan fingerprint density at radius 2 is 2.24 bits per heavy atom. The number of methoxy groups -OCH3 is 1. The number of amides is 1. The molecule has 1 aliphatic rings. The molecule has 1 amide bonds. The summed E-state index contributed by atoms with van der Waals surface area (Å²) in [4.78, 5) is 11.8. The van der Waals surface area contributed by atoms with Gasteiger partial charge in [0.1, 0.15) is 0 Å². The SMILES string of the molecule is COC(C)(C)CNC(=O)CC1NCCCC1C. The molecule has 0 bridgehead atoms. The zero-order valence-electron chi connectivity index (χ0n) is 11.5. The summed E-state index contributed by atoms with van der Waals surface area (Å²) in [5.41, 5.74) is -0.290. The van der Waals surface area contributed by atoms with Gasteiger partial charge in [0.25, 0.3) is 0 Å². The predicted octanol–water partition coefficient (Wildman–Crippen LogP) is 1.31. The van der Waals surface area contributed by atoms with Crippen LogP contribution in [0.2, 0.25) is 0 Å². The number of carbonyl (C=O) groups excluding carboxylic acids is 1. The molecule has 0 aliphatic carbocycles. The lowest BCUT2D eigenvalue weighted by Gasteiger charge is -2.30. The van der Waals surface area contributed by atoms with E-state index in [9.17, 15) is 4.79 Å². The van der Waals surface area contributed by atoms with E-state index in [2.05, 4.69) is 17.6 Å². The number of carbonyl (C=O) groups is 1. The van der Waals surface area contributed by atoms with Gasteiger partial charge in [-0.2, -0.15) is 0 Å². The highest BCUT2D eigenvalue weighted by atomic mass is 16.5. The van der Waals surface area contributed by atoms with E-state index in [1.807, 2.05) is 13.8 Å². The molecule has 0 aromatic carbocycles. The van der Waals surface area contributed by atoms with Crippen LogP contribution in [0.3, 0.4) is 0 Å². The molecule has 0 radical (unpaired) electrons. The molecule has 1 rings (SSSR count). The fourth-order valence-electron chi connectivity index (χ4n) is 2.04. The molecule has 1 fully saturated rings. The van der Waals surface area contributed by atoms with Crippen LogP contribution in [-0.2, 0) is 9.53 Å². The van der Waals surface area contributed by atoms with E-state index in [0.29, 0.717) is 24.9 Å². The van der Waals surface area contributed by atoms with Crippen molar-refractivity contribution in [2.75, 3.05) is 20.2 Å². The van der Waals surface area contributed by atoms with Gasteiger partial charge >= 0.3 is 0 Å². The average molecular weight is 242 g/mol. The van der Waals surface area contributed by atoms with Gasteiger partial charge in [0.05, 0.1) is 5.60 Å². The van der Waals surface area contributed by atoms with Crippen LogP contribution in [0, 0.1) is 5.92 Å². The van der Waals surface area contributed by atoms with Crippen LogP contribution in [-0.4, -0.2) is 37.7 Å². The number of rotatable bonds is 5. The van der Waals surface area contributed by atoms with E-state index in [1.165, 1.54) is 12.8 Å². The van der Waals surface area contributed by atoms with Gasteiger partial charge in [0.2, 0.25) is 5.91 Å². The van der Waals surface area contributed by atoms with Crippen LogP contribution >= 0.6 is 0 Å². The van der Waals surface area contributed by atoms with Crippen LogP contribution < -0.4 is 10.6 Å². The summed E-state index contributed by atoms with van der Waals surface area (Å²) in [7, 11) is 1.66. The normalized spacial score (nSPS) is 25.6. The molecule has 0 aromatic heterocycles. The molecule has 0 spiro atoms.